The molecule has 0 unspecified atom stereocenters. The van der Waals surface area contributed by atoms with Gasteiger partial charge in [0, 0.05) is 30.4 Å². The number of aliphatic hydroxyl groups is 1. The Hall–Kier alpha value is -2.96. The van der Waals surface area contributed by atoms with Crippen LogP contribution in [0, 0.1) is 0 Å². The van der Waals surface area contributed by atoms with E-state index in [2.05, 4.69) is 27.2 Å². The van der Waals surface area contributed by atoms with Crippen molar-refractivity contribution in [1.29, 1.82) is 0 Å². The predicted molar refractivity (Wildman–Crippen MR) is 112 cm³/mol. The minimum absolute atomic E-state index is 0.0604. The van der Waals surface area contributed by atoms with Gasteiger partial charge in [0.25, 0.3) is 5.91 Å². The zero-order valence-corrected chi connectivity index (χ0v) is 16.7. The van der Waals surface area contributed by atoms with Gasteiger partial charge in [0.05, 0.1) is 17.8 Å². The van der Waals surface area contributed by atoms with Crippen molar-refractivity contribution in [2.75, 3.05) is 27.2 Å². The number of carbonyl (C=O) groups excluding carboxylic acids is 1. The molecule has 2 aromatic carbocycles. The number of β-amino-alcohol motifs (C(OH)–C–C–N with tert-alkyl or cyclic N) is 1. The number of rotatable bonds is 4. The van der Waals surface area contributed by atoms with Crippen molar-refractivity contribution in [2.45, 2.75) is 18.1 Å². The summed E-state index contributed by atoms with van der Waals surface area (Å²) in [6.45, 7) is 0.876. The number of carbonyl (C=O) groups is 1. The first-order valence-corrected chi connectivity index (χ1v) is 9.82. The van der Waals surface area contributed by atoms with E-state index in [4.69, 9.17) is 0 Å². The van der Waals surface area contributed by atoms with Gasteiger partial charge in [0.1, 0.15) is 0 Å². The zero-order chi connectivity index (χ0) is 20.4. The fourth-order valence-electron chi connectivity index (χ4n) is 4.37. The van der Waals surface area contributed by atoms with E-state index in [9.17, 15) is 9.90 Å². The van der Waals surface area contributed by atoms with Crippen molar-refractivity contribution in [2.24, 2.45) is 0 Å². The van der Waals surface area contributed by atoms with Crippen LogP contribution in [0.1, 0.15) is 22.3 Å². The van der Waals surface area contributed by atoms with Crippen molar-refractivity contribution in [1.82, 2.24) is 20.0 Å². The highest BCUT2D eigenvalue weighted by atomic mass is 16.3. The predicted octanol–water partition coefficient (Wildman–Crippen LogP) is 2.74. The number of hydrogen-bond acceptors (Lipinski definition) is 4. The number of aromatic nitrogens is 2. The second-order valence-electron chi connectivity index (χ2n) is 7.77. The van der Waals surface area contributed by atoms with E-state index in [1.807, 2.05) is 56.6 Å². The molecule has 2 atom stereocenters. The highest BCUT2D eigenvalue weighted by Crippen LogP contribution is 2.38. The van der Waals surface area contributed by atoms with Crippen LogP contribution in [0.25, 0.3) is 11.1 Å². The summed E-state index contributed by atoms with van der Waals surface area (Å²) in [6.07, 6.45) is 3.52. The van der Waals surface area contributed by atoms with E-state index >= 15 is 0 Å². The van der Waals surface area contributed by atoms with Gasteiger partial charge in [0.2, 0.25) is 0 Å². The number of likely N-dealkylation sites (N-methyl/N-ethyl adjacent to an activating group) is 1. The maximum atomic E-state index is 13.2. The van der Waals surface area contributed by atoms with Crippen molar-refractivity contribution in [3.8, 4) is 11.1 Å². The molecule has 1 amide bonds. The third-order valence-electron chi connectivity index (χ3n) is 6.01. The standard InChI is InChI=1S/C23H26N4O2/c1-26(2)23(20-9-4-3-5-10-20)11-12-27(16-21(23)28)22(29)18-8-6-7-17(13-18)19-14-24-25-15-19/h3-10,13-15,21,28H,11-12,16H2,1-2H3,(H,24,25)/t21-,23+/m1/s1. The maximum Gasteiger partial charge on any atom is 0.253 e. The van der Waals surface area contributed by atoms with Gasteiger partial charge in [-0.1, -0.05) is 42.5 Å². The highest BCUT2D eigenvalue weighted by Gasteiger charge is 2.46. The molecule has 1 aromatic heterocycles. The Kier molecular flexibility index (Phi) is 5.22. The lowest BCUT2D eigenvalue weighted by Gasteiger charge is -2.49. The summed E-state index contributed by atoms with van der Waals surface area (Å²) in [5.41, 5.74) is 3.07. The smallest absolute Gasteiger partial charge is 0.253 e. The fraction of sp³-hybridized carbons (Fsp3) is 0.304. The molecule has 1 aliphatic heterocycles. The van der Waals surface area contributed by atoms with Crippen LogP contribution < -0.4 is 0 Å². The number of aliphatic hydroxyl groups excluding tert-OH is 1. The van der Waals surface area contributed by atoms with Gasteiger partial charge in [-0.05, 0) is 43.8 Å². The Balaban J connectivity index is 1.57. The molecule has 4 rings (SSSR count). The number of hydrogen-bond donors (Lipinski definition) is 2. The maximum absolute atomic E-state index is 13.2. The van der Waals surface area contributed by atoms with Crippen LogP contribution in [0.3, 0.4) is 0 Å². The van der Waals surface area contributed by atoms with E-state index < -0.39 is 11.6 Å². The molecular formula is C23H26N4O2. The normalized spacial score (nSPS) is 22.1. The van der Waals surface area contributed by atoms with Gasteiger partial charge < -0.3 is 10.0 Å². The summed E-state index contributed by atoms with van der Waals surface area (Å²) in [5, 5.41) is 17.9. The number of piperidine rings is 1. The highest BCUT2D eigenvalue weighted by molar-refractivity contribution is 5.95. The quantitative estimate of drug-likeness (QED) is 0.719. The zero-order valence-electron chi connectivity index (χ0n) is 16.7. The number of likely N-dealkylation sites (tertiary alicyclic amines) is 1. The molecule has 150 valence electrons. The third-order valence-corrected chi connectivity index (χ3v) is 6.01. The van der Waals surface area contributed by atoms with E-state index in [0.717, 1.165) is 16.7 Å². The molecule has 1 aliphatic rings. The number of benzene rings is 2. The second kappa shape index (κ2) is 7.81. The molecule has 0 aliphatic carbocycles. The minimum Gasteiger partial charge on any atom is -0.389 e. The molecule has 3 aromatic rings. The Morgan fingerprint density at radius 2 is 1.97 bits per heavy atom. The average Bonchev–Trinajstić information content (AvgIpc) is 3.29. The van der Waals surface area contributed by atoms with Gasteiger partial charge in [0.15, 0.2) is 0 Å². The topological polar surface area (TPSA) is 72.5 Å². The lowest BCUT2D eigenvalue weighted by molar-refractivity contribution is -0.0612. The van der Waals surface area contributed by atoms with Gasteiger partial charge >= 0.3 is 0 Å². The number of H-pyrrole nitrogens is 1. The Morgan fingerprint density at radius 1 is 1.17 bits per heavy atom. The lowest BCUT2D eigenvalue weighted by Crippen LogP contribution is -2.60. The molecular weight excluding hydrogens is 364 g/mol. The van der Waals surface area contributed by atoms with E-state index in [1.54, 1.807) is 17.3 Å². The molecule has 0 spiro atoms. The summed E-state index contributed by atoms with van der Waals surface area (Å²) in [5.74, 6) is -0.0604. The number of nitrogens with zero attached hydrogens (tertiary/aromatic N) is 3. The van der Waals surface area contributed by atoms with Gasteiger partial charge in [-0.2, -0.15) is 5.10 Å². The minimum atomic E-state index is -0.686. The summed E-state index contributed by atoms with van der Waals surface area (Å²) in [6, 6.07) is 17.6. The molecule has 6 nitrogen and oxygen atoms in total. The van der Waals surface area contributed by atoms with Crippen molar-refractivity contribution < 1.29 is 9.90 Å². The first kappa shape index (κ1) is 19.4. The number of nitrogens with one attached hydrogen (secondary N) is 1. The second-order valence-corrected chi connectivity index (χ2v) is 7.77. The van der Waals surface area contributed by atoms with Gasteiger partial charge in [-0.15, -0.1) is 0 Å². The average molecular weight is 390 g/mol. The first-order valence-electron chi connectivity index (χ1n) is 9.82. The number of amides is 1. The molecule has 1 fully saturated rings. The monoisotopic (exact) mass is 390 g/mol. The molecule has 2 N–H and O–H groups in total. The number of aromatic amines is 1. The SMILES string of the molecule is CN(C)[C@]1(c2ccccc2)CCN(C(=O)c2cccc(-c3cn[nH]c3)c2)C[C@H]1O. The third kappa shape index (κ3) is 3.45. The Bertz CT molecular complexity index is 972. The van der Waals surface area contributed by atoms with Gasteiger partial charge in [-0.25, -0.2) is 0 Å². The molecule has 6 heteroatoms. The first-order chi connectivity index (χ1) is 14.0. The van der Waals surface area contributed by atoms with E-state index in [1.165, 1.54) is 0 Å². The van der Waals surface area contributed by atoms with Crippen LogP contribution >= 0.6 is 0 Å². The molecule has 29 heavy (non-hydrogen) atoms. The summed E-state index contributed by atoms with van der Waals surface area (Å²) >= 11 is 0. The van der Waals surface area contributed by atoms with Gasteiger partial charge in [-0.3, -0.25) is 14.8 Å². The van der Waals surface area contributed by atoms with Crippen molar-refractivity contribution >= 4 is 5.91 Å². The summed E-state index contributed by atoms with van der Waals surface area (Å²) < 4.78 is 0. The molecule has 0 bridgehead atoms. The van der Waals surface area contributed by atoms with Crippen LogP contribution in [0.4, 0.5) is 0 Å². The van der Waals surface area contributed by atoms with Crippen LogP contribution in [0.15, 0.2) is 67.0 Å². The largest absolute Gasteiger partial charge is 0.389 e. The molecule has 0 saturated carbocycles. The van der Waals surface area contributed by atoms with E-state index in [-0.39, 0.29) is 5.91 Å². The molecule has 2 heterocycles. The summed E-state index contributed by atoms with van der Waals surface area (Å²) in [7, 11) is 3.98. The Morgan fingerprint density at radius 3 is 2.62 bits per heavy atom. The van der Waals surface area contributed by atoms with Crippen LogP contribution in [-0.2, 0) is 5.54 Å². The van der Waals surface area contributed by atoms with E-state index in [0.29, 0.717) is 25.1 Å². The van der Waals surface area contributed by atoms with Crippen molar-refractivity contribution in [3.05, 3.63) is 78.1 Å². The molecule has 1 saturated heterocycles. The van der Waals surface area contributed by atoms with Crippen LogP contribution in [0.5, 0.6) is 0 Å². The summed E-state index contributed by atoms with van der Waals surface area (Å²) in [4.78, 5) is 17.0. The van der Waals surface area contributed by atoms with Crippen molar-refractivity contribution in [3.63, 3.8) is 0 Å². The van der Waals surface area contributed by atoms with Crippen LogP contribution in [-0.4, -0.2) is 64.3 Å². The Labute approximate surface area is 170 Å². The van der Waals surface area contributed by atoms with Crippen LogP contribution in [0.2, 0.25) is 0 Å². The molecule has 0 radical (unpaired) electrons. The lowest BCUT2D eigenvalue weighted by atomic mass is 9.77. The fourth-order valence-corrected chi connectivity index (χ4v) is 4.37.